The molecule has 0 saturated heterocycles. The quantitative estimate of drug-likeness (QED) is 0.128. The van der Waals surface area contributed by atoms with Crippen LogP contribution in [0.25, 0.3) is 61.3 Å². The second kappa shape index (κ2) is 15.2. The summed E-state index contributed by atoms with van der Waals surface area (Å²) in [4.78, 5) is 9.78. The van der Waals surface area contributed by atoms with Crippen LogP contribution >= 0.6 is 0 Å². The van der Waals surface area contributed by atoms with Gasteiger partial charge in [-0.05, 0) is 50.1 Å². The Bertz CT molecular complexity index is 2530. The Labute approximate surface area is 330 Å². The molecule has 3 heterocycles. The molecule has 6 heteroatoms. The van der Waals surface area contributed by atoms with Crippen molar-refractivity contribution in [2.45, 2.75) is 65.2 Å². The van der Waals surface area contributed by atoms with Crippen molar-refractivity contribution in [2.24, 2.45) is 5.41 Å². The third kappa shape index (κ3) is 7.99. The van der Waals surface area contributed by atoms with Crippen LogP contribution in [0, 0.1) is 38.3 Å². The Balaban J connectivity index is 0.000000193. The number of furan rings is 1. The van der Waals surface area contributed by atoms with Crippen molar-refractivity contribution in [2.75, 3.05) is 0 Å². The molecule has 8 aromatic rings. The maximum Gasteiger partial charge on any atom is 0.120 e. The Morgan fingerprint density at radius 1 is 0.774 bits per heavy atom. The van der Waals surface area contributed by atoms with E-state index in [1.54, 1.807) is 0 Å². The first-order valence-electron chi connectivity index (χ1n) is 18.1. The molecule has 0 amide bonds. The molecular weight excluding hydrogens is 887 g/mol. The second-order valence-electron chi connectivity index (χ2n) is 16.2. The number of para-hydroxylation sites is 3. The van der Waals surface area contributed by atoms with Gasteiger partial charge in [-0.25, -0.2) is 0 Å². The number of nitrogens with zero attached hydrogens (tertiary/aromatic N) is 3. The summed E-state index contributed by atoms with van der Waals surface area (Å²) in [5.74, 6) is 8.17. The summed E-state index contributed by atoms with van der Waals surface area (Å²) in [7, 11) is 0. The van der Waals surface area contributed by atoms with Gasteiger partial charge in [0.15, 0.2) is 0 Å². The number of benzene rings is 5. The van der Waals surface area contributed by atoms with Gasteiger partial charge < -0.3 is 8.98 Å². The van der Waals surface area contributed by atoms with Crippen LogP contribution in [0.4, 0.5) is 0 Å². The summed E-state index contributed by atoms with van der Waals surface area (Å²) >= 11 is -1.90. The minimum Gasteiger partial charge on any atom is -0.501 e. The summed E-state index contributed by atoms with van der Waals surface area (Å²) < 4.78 is 10.1. The largest absolute Gasteiger partial charge is 0.501 e. The van der Waals surface area contributed by atoms with Gasteiger partial charge in [-0.3, -0.25) is 4.98 Å². The van der Waals surface area contributed by atoms with Crippen LogP contribution in [0.15, 0.2) is 114 Å². The molecule has 0 spiro atoms. The summed E-state index contributed by atoms with van der Waals surface area (Å²) in [5.41, 5.74) is 13.4. The number of aromatic nitrogens is 3. The first-order valence-corrected chi connectivity index (χ1v) is 25.5. The molecule has 271 valence electrons. The number of imidazole rings is 1. The van der Waals surface area contributed by atoms with E-state index in [-0.39, 0.29) is 20.1 Å². The van der Waals surface area contributed by atoms with Crippen LogP contribution in [0.2, 0.25) is 17.3 Å². The molecule has 8 rings (SSSR count). The van der Waals surface area contributed by atoms with E-state index in [0.29, 0.717) is 5.41 Å². The van der Waals surface area contributed by atoms with Gasteiger partial charge in [0.2, 0.25) is 0 Å². The van der Waals surface area contributed by atoms with Crippen LogP contribution in [-0.2, 0) is 26.5 Å². The minimum atomic E-state index is -1.90. The Morgan fingerprint density at radius 2 is 1.47 bits per heavy atom. The summed E-state index contributed by atoms with van der Waals surface area (Å²) in [6.45, 7) is 13.4. The third-order valence-corrected chi connectivity index (χ3v) is 13.8. The van der Waals surface area contributed by atoms with Crippen molar-refractivity contribution >= 4 is 50.6 Å². The molecule has 4 nitrogen and oxygen atoms in total. The zero-order chi connectivity index (χ0) is 36.8. The molecular formula is C47H47GeIrN3O-2. The van der Waals surface area contributed by atoms with Crippen molar-refractivity contribution in [3.63, 3.8) is 0 Å². The zero-order valence-electron chi connectivity index (χ0n) is 32.2. The van der Waals surface area contributed by atoms with Gasteiger partial charge in [-0.15, -0.1) is 18.2 Å². The van der Waals surface area contributed by atoms with E-state index in [4.69, 9.17) is 14.4 Å². The number of pyridine rings is 1. The first kappa shape index (κ1) is 38.4. The molecule has 0 aliphatic carbocycles. The minimum absolute atomic E-state index is 0. The van der Waals surface area contributed by atoms with E-state index >= 15 is 0 Å². The predicted octanol–water partition coefficient (Wildman–Crippen LogP) is 12.0. The molecule has 0 saturated carbocycles. The molecule has 0 unspecified atom stereocenters. The molecule has 0 N–H and O–H groups in total. The van der Waals surface area contributed by atoms with Crippen LogP contribution in [0.3, 0.4) is 0 Å². The van der Waals surface area contributed by atoms with E-state index in [2.05, 4.69) is 136 Å². The van der Waals surface area contributed by atoms with Crippen molar-refractivity contribution < 1.29 is 24.5 Å². The fourth-order valence-corrected chi connectivity index (χ4v) is 10.7. The topological polar surface area (TPSA) is 43.9 Å². The number of aryl methyl sites for hydroxylation is 3. The van der Waals surface area contributed by atoms with E-state index in [1.165, 1.54) is 26.6 Å². The Hall–Kier alpha value is -4.29. The number of rotatable bonds is 5. The van der Waals surface area contributed by atoms with Crippen molar-refractivity contribution in [1.82, 2.24) is 14.5 Å². The molecule has 0 fully saturated rings. The summed E-state index contributed by atoms with van der Waals surface area (Å²) in [5, 5.41) is 2.19. The first-order chi connectivity index (χ1) is 24.8. The standard InChI is InChI=1S/C28H21N2O.C19H26GeN.Ir/c1-17-15-18(2)26(19(3)16-17)30-24-13-6-5-12-23(24)29-28(30)22-11-8-10-21-20-9-4-7-14-25(20)31-27(21)22;1-19(2,3)13-16-12-18(15-10-8-7-9-11-15)21-14-17(16)20(4,5)6;/h4-10,12-16H,1-3H3;7-10,12,14H,13H2,1-6H3;/q2*-1;. The molecule has 1 radical (unpaired) electrons. The summed E-state index contributed by atoms with van der Waals surface area (Å²) in [6.07, 6.45) is 3.24. The van der Waals surface area contributed by atoms with E-state index in [1.807, 2.05) is 48.5 Å². The van der Waals surface area contributed by atoms with Crippen molar-refractivity contribution in [1.29, 1.82) is 0 Å². The van der Waals surface area contributed by atoms with Crippen molar-refractivity contribution in [3.8, 4) is 28.3 Å². The molecule has 0 bridgehead atoms. The fraction of sp³-hybridized carbons (Fsp3) is 0.234. The van der Waals surface area contributed by atoms with Crippen LogP contribution in [0.5, 0.6) is 0 Å². The normalized spacial score (nSPS) is 11.8. The van der Waals surface area contributed by atoms with E-state index < -0.39 is 13.3 Å². The van der Waals surface area contributed by atoms with Gasteiger partial charge in [0.25, 0.3) is 0 Å². The summed E-state index contributed by atoms with van der Waals surface area (Å²) in [6, 6.07) is 42.0. The second-order valence-corrected chi connectivity index (χ2v) is 26.8. The van der Waals surface area contributed by atoms with Crippen LogP contribution < -0.4 is 4.40 Å². The van der Waals surface area contributed by atoms with Gasteiger partial charge in [0.1, 0.15) is 5.58 Å². The van der Waals surface area contributed by atoms with Gasteiger partial charge >= 0.3 is 132 Å². The number of hydrogen-bond acceptors (Lipinski definition) is 3. The monoisotopic (exact) mass is 936 g/mol. The Morgan fingerprint density at radius 3 is 2.17 bits per heavy atom. The number of hydrogen-bond donors (Lipinski definition) is 0. The molecule has 3 aromatic heterocycles. The van der Waals surface area contributed by atoms with E-state index in [9.17, 15) is 0 Å². The SMILES string of the molecule is CC(C)(C)Cc1cc(-c2[c-]cccc2)nc[c]1[Ge]([CH3])([CH3])[CH3].Cc1cc(C)c(-n2c(-c3[c-]ccc4c3oc3ccccc34)nc3ccccc32)c(C)c1.[Ir]. The maximum absolute atomic E-state index is 6.32. The molecule has 5 aromatic carbocycles. The van der Waals surface area contributed by atoms with E-state index in [0.717, 1.165) is 67.7 Å². The molecule has 53 heavy (non-hydrogen) atoms. The van der Waals surface area contributed by atoms with Gasteiger partial charge in [-0.1, -0.05) is 59.0 Å². The predicted molar refractivity (Wildman–Crippen MR) is 221 cm³/mol. The van der Waals surface area contributed by atoms with Gasteiger partial charge in [0.05, 0.1) is 22.4 Å². The smallest absolute Gasteiger partial charge is 0.120 e. The van der Waals surface area contributed by atoms with Crippen LogP contribution in [0.1, 0.15) is 43.0 Å². The van der Waals surface area contributed by atoms with Crippen molar-refractivity contribution in [3.05, 3.63) is 144 Å². The average molecular weight is 935 g/mol. The fourth-order valence-electron chi connectivity index (χ4n) is 7.39. The Kier molecular flexibility index (Phi) is 11.0. The maximum atomic E-state index is 6.32. The van der Waals surface area contributed by atoms with Gasteiger partial charge in [-0.2, -0.15) is 0 Å². The molecule has 0 atom stereocenters. The zero-order valence-corrected chi connectivity index (χ0v) is 36.7. The third-order valence-electron chi connectivity index (χ3n) is 9.49. The molecule has 0 aliphatic rings. The van der Waals surface area contributed by atoms with Gasteiger partial charge in [0, 0.05) is 31.2 Å². The molecule has 0 aliphatic heterocycles. The van der Waals surface area contributed by atoms with Crippen LogP contribution in [-0.4, -0.2) is 27.8 Å². The average Bonchev–Trinajstić information content (AvgIpc) is 3.66. The number of fused-ring (bicyclic) bond motifs is 4.